The summed E-state index contributed by atoms with van der Waals surface area (Å²) >= 11 is 6.10. The van der Waals surface area contributed by atoms with E-state index in [9.17, 15) is 4.79 Å². The van der Waals surface area contributed by atoms with Crippen LogP contribution in [0.2, 0.25) is 5.02 Å². The lowest BCUT2D eigenvalue weighted by Crippen LogP contribution is -2.32. The van der Waals surface area contributed by atoms with Crippen LogP contribution in [0.5, 0.6) is 5.88 Å². The molecule has 0 saturated heterocycles. The van der Waals surface area contributed by atoms with Crippen molar-refractivity contribution in [2.45, 2.75) is 45.8 Å². The van der Waals surface area contributed by atoms with Crippen LogP contribution in [0.3, 0.4) is 0 Å². The topological polar surface area (TPSA) is 42.4 Å². The molecule has 1 aliphatic rings. The highest BCUT2D eigenvalue weighted by molar-refractivity contribution is 6.32. The van der Waals surface area contributed by atoms with Crippen molar-refractivity contribution in [3.05, 3.63) is 22.8 Å². The fourth-order valence-electron chi connectivity index (χ4n) is 1.97. The van der Waals surface area contributed by atoms with Gasteiger partial charge in [-0.1, -0.05) is 11.6 Å². The molecule has 0 unspecified atom stereocenters. The maximum Gasteiger partial charge on any atom is 0.255 e. The highest BCUT2D eigenvalue weighted by Gasteiger charge is 2.32. The number of ether oxygens (including phenoxy) is 1. The van der Waals surface area contributed by atoms with E-state index in [-0.39, 0.29) is 12.0 Å². The number of aromatic nitrogens is 1. The third kappa shape index (κ3) is 3.38. The van der Waals surface area contributed by atoms with E-state index in [1.54, 1.807) is 6.07 Å². The highest BCUT2D eigenvalue weighted by atomic mass is 35.5. The van der Waals surface area contributed by atoms with E-state index < -0.39 is 0 Å². The fraction of sp³-hybridized carbons (Fsp3) is 0.571. The predicted molar refractivity (Wildman–Crippen MR) is 74.7 cm³/mol. The van der Waals surface area contributed by atoms with Gasteiger partial charge in [0.15, 0.2) is 0 Å². The van der Waals surface area contributed by atoms with Gasteiger partial charge in [0.1, 0.15) is 5.02 Å². The SMILES string of the molecule is CCN(C(=O)c1cnc(OC(C)C)c(Cl)c1)C1CC1. The van der Waals surface area contributed by atoms with Crippen molar-refractivity contribution in [2.24, 2.45) is 0 Å². The van der Waals surface area contributed by atoms with Crippen molar-refractivity contribution < 1.29 is 9.53 Å². The number of hydrogen-bond acceptors (Lipinski definition) is 3. The number of carbonyl (C=O) groups excluding carboxylic acids is 1. The van der Waals surface area contributed by atoms with E-state index in [2.05, 4.69) is 4.98 Å². The van der Waals surface area contributed by atoms with Crippen LogP contribution in [-0.2, 0) is 0 Å². The Bertz CT molecular complexity index is 473. The van der Waals surface area contributed by atoms with Crippen LogP contribution in [-0.4, -0.2) is 34.5 Å². The lowest BCUT2D eigenvalue weighted by molar-refractivity contribution is 0.0752. The molecule has 104 valence electrons. The lowest BCUT2D eigenvalue weighted by atomic mass is 10.2. The zero-order chi connectivity index (χ0) is 14.0. The van der Waals surface area contributed by atoms with Gasteiger partial charge in [-0.05, 0) is 39.7 Å². The summed E-state index contributed by atoms with van der Waals surface area (Å²) in [6.45, 7) is 6.51. The molecule has 5 heteroatoms. The molecule has 1 aromatic heterocycles. The summed E-state index contributed by atoms with van der Waals surface area (Å²) < 4.78 is 5.46. The second-order valence-corrected chi connectivity index (χ2v) is 5.41. The minimum absolute atomic E-state index is 0.00417. The van der Waals surface area contributed by atoms with Crippen molar-refractivity contribution in [1.82, 2.24) is 9.88 Å². The van der Waals surface area contributed by atoms with Crippen LogP contribution < -0.4 is 4.74 Å². The van der Waals surface area contributed by atoms with Crippen LogP contribution in [0.25, 0.3) is 0 Å². The Labute approximate surface area is 118 Å². The molecule has 1 amide bonds. The molecule has 0 atom stereocenters. The minimum Gasteiger partial charge on any atom is -0.474 e. The Morgan fingerprint density at radius 2 is 2.26 bits per heavy atom. The van der Waals surface area contributed by atoms with Gasteiger partial charge in [-0.25, -0.2) is 4.98 Å². The third-order valence-electron chi connectivity index (χ3n) is 2.99. The number of hydrogen-bond donors (Lipinski definition) is 0. The number of amides is 1. The number of pyridine rings is 1. The summed E-state index contributed by atoms with van der Waals surface area (Å²) in [7, 11) is 0. The van der Waals surface area contributed by atoms with E-state index in [4.69, 9.17) is 16.3 Å². The van der Waals surface area contributed by atoms with Crippen LogP contribution in [0.15, 0.2) is 12.3 Å². The standard InChI is InChI=1S/C14H19ClN2O2/c1-4-17(11-5-6-11)14(18)10-7-12(15)13(16-8-10)19-9(2)3/h7-9,11H,4-6H2,1-3H3. The molecule has 1 aliphatic carbocycles. The van der Waals surface area contributed by atoms with E-state index >= 15 is 0 Å². The average Bonchev–Trinajstić information content (AvgIpc) is 3.16. The second kappa shape index (κ2) is 5.78. The molecule has 1 aromatic rings. The fourth-order valence-corrected chi connectivity index (χ4v) is 2.18. The number of halogens is 1. The minimum atomic E-state index is -0.00417. The largest absolute Gasteiger partial charge is 0.474 e. The molecule has 0 spiro atoms. The highest BCUT2D eigenvalue weighted by Crippen LogP contribution is 2.29. The van der Waals surface area contributed by atoms with Gasteiger partial charge >= 0.3 is 0 Å². The van der Waals surface area contributed by atoms with Gasteiger partial charge in [0, 0.05) is 18.8 Å². The number of carbonyl (C=O) groups is 1. The Hall–Kier alpha value is -1.29. The van der Waals surface area contributed by atoms with E-state index in [1.165, 1.54) is 6.20 Å². The molecular weight excluding hydrogens is 264 g/mol. The molecule has 0 aromatic carbocycles. The van der Waals surface area contributed by atoms with Gasteiger partial charge in [-0.15, -0.1) is 0 Å². The van der Waals surface area contributed by atoms with Crippen molar-refractivity contribution >= 4 is 17.5 Å². The molecule has 4 nitrogen and oxygen atoms in total. The zero-order valence-corrected chi connectivity index (χ0v) is 12.3. The van der Waals surface area contributed by atoms with E-state index in [1.807, 2.05) is 25.7 Å². The van der Waals surface area contributed by atoms with Gasteiger partial charge in [-0.3, -0.25) is 4.79 Å². The molecule has 1 saturated carbocycles. The van der Waals surface area contributed by atoms with Crippen molar-refractivity contribution in [3.8, 4) is 5.88 Å². The summed E-state index contributed by atoms with van der Waals surface area (Å²) in [6.07, 6.45) is 3.73. The van der Waals surface area contributed by atoms with Crippen molar-refractivity contribution in [3.63, 3.8) is 0 Å². The van der Waals surface area contributed by atoms with E-state index in [0.29, 0.717) is 29.1 Å². The molecule has 1 fully saturated rings. The maximum absolute atomic E-state index is 12.3. The molecule has 0 N–H and O–H groups in total. The van der Waals surface area contributed by atoms with Crippen LogP contribution in [0.1, 0.15) is 44.0 Å². The van der Waals surface area contributed by atoms with Gasteiger partial charge < -0.3 is 9.64 Å². The van der Waals surface area contributed by atoms with Gasteiger partial charge in [0.05, 0.1) is 11.7 Å². The first-order chi connectivity index (χ1) is 9.02. The first-order valence-electron chi connectivity index (χ1n) is 6.66. The van der Waals surface area contributed by atoms with Crippen molar-refractivity contribution in [2.75, 3.05) is 6.54 Å². The molecular formula is C14H19ClN2O2. The Morgan fingerprint density at radius 3 is 2.74 bits per heavy atom. The van der Waals surface area contributed by atoms with Gasteiger partial charge in [0.25, 0.3) is 5.91 Å². The third-order valence-corrected chi connectivity index (χ3v) is 3.26. The molecule has 0 aliphatic heterocycles. The zero-order valence-electron chi connectivity index (χ0n) is 11.5. The first kappa shape index (κ1) is 14.1. The number of rotatable bonds is 5. The Balaban J connectivity index is 2.16. The first-order valence-corrected chi connectivity index (χ1v) is 7.04. The van der Waals surface area contributed by atoms with E-state index in [0.717, 1.165) is 12.8 Å². The summed E-state index contributed by atoms with van der Waals surface area (Å²) in [5.74, 6) is 0.373. The van der Waals surface area contributed by atoms with Crippen LogP contribution >= 0.6 is 11.6 Å². The average molecular weight is 283 g/mol. The maximum atomic E-state index is 12.3. The second-order valence-electron chi connectivity index (χ2n) is 5.00. The normalized spacial score (nSPS) is 14.6. The quantitative estimate of drug-likeness (QED) is 0.833. The number of nitrogens with zero attached hydrogens (tertiary/aromatic N) is 2. The summed E-state index contributed by atoms with van der Waals surface area (Å²) in [5.41, 5.74) is 0.523. The van der Waals surface area contributed by atoms with Crippen molar-refractivity contribution in [1.29, 1.82) is 0 Å². The molecule has 19 heavy (non-hydrogen) atoms. The summed E-state index contributed by atoms with van der Waals surface area (Å²) in [4.78, 5) is 18.3. The Morgan fingerprint density at radius 1 is 1.58 bits per heavy atom. The lowest BCUT2D eigenvalue weighted by Gasteiger charge is -2.20. The molecule has 1 heterocycles. The van der Waals surface area contributed by atoms with Gasteiger partial charge in [-0.2, -0.15) is 0 Å². The summed E-state index contributed by atoms with van der Waals surface area (Å²) in [6, 6.07) is 2.03. The monoisotopic (exact) mass is 282 g/mol. The Kier molecular flexibility index (Phi) is 4.30. The van der Waals surface area contributed by atoms with Crippen LogP contribution in [0, 0.1) is 0 Å². The summed E-state index contributed by atoms with van der Waals surface area (Å²) in [5, 5.41) is 0.381. The smallest absolute Gasteiger partial charge is 0.255 e. The molecule has 2 rings (SSSR count). The molecule has 0 bridgehead atoms. The predicted octanol–water partition coefficient (Wildman–Crippen LogP) is 3.15. The van der Waals surface area contributed by atoms with Gasteiger partial charge in [0.2, 0.25) is 5.88 Å². The van der Waals surface area contributed by atoms with Crippen LogP contribution in [0.4, 0.5) is 0 Å². The molecule has 0 radical (unpaired) electrons.